The van der Waals surface area contributed by atoms with Gasteiger partial charge in [0.15, 0.2) is 6.10 Å². The van der Waals surface area contributed by atoms with E-state index in [-0.39, 0.29) is 24.8 Å². The average molecular weight is 366 g/mol. The van der Waals surface area contributed by atoms with Crippen molar-refractivity contribution in [2.75, 3.05) is 13.2 Å². The van der Waals surface area contributed by atoms with Crippen LogP contribution in [0.5, 0.6) is 0 Å². The molecule has 1 fully saturated rings. The predicted octanol–water partition coefficient (Wildman–Crippen LogP) is 1.75. The number of carbonyl (C=O) groups excluding carboxylic acids is 2. The fourth-order valence-electron chi connectivity index (χ4n) is 2.99. The zero-order valence-corrected chi connectivity index (χ0v) is 15.0. The number of hydrogen-bond donors (Lipinski definition) is 2. The van der Waals surface area contributed by atoms with Gasteiger partial charge < -0.3 is 20.5 Å². The van der Waals surface area contributed by atoms with Crippen LogP contribution < -0.4 is 5.73 Å². The molecule has 6 heteroatoms. The lowest BCUT2D eigenvalue weighted by atomic mass is 10.0. The first kappa shape index (κ1) is 18.8. The molecule has 1 saturated heterocycles. The van der Waals surface area contributed by atoms with Crippen LogP contribution in [0, 0.1) is 0 Å². The van der Waals surface area contributed by atoms with Crippen molar-refractivity contribution in [1.82, 2.24) is 4.90 Å². The molecule has 0 bridgehead atoms. The number of carbonyl (C=O) groups is 2. The minimum atomic E-state index is -0.667. The second-order valence-corrected chi connectivity index (χ2v) is 6.45. The summed E-state index contributed by atoms with van der Waals surface area (Å²) in [6.45, 7) is 1.46. The number of likely N-dealkylation sites (tertiary alicyclic amines) is 1. The molecule has 0 aromatic heterocycles. The maximum atomic E-state index is 13.0. The molecular formula is C21H22N2O4. The third-order valence-electron chi connectivity index (χ3n) is 4.50. The zero-order chi connectivity index (χ0) is 19.4. The van der Waals surface area contributed by atoms with Gasteiger partial charge in [0.25, 0.3) is 0 Å². The van der Waals surface area contributed by atoms with Crippen molar-refractivity contribution >= 4 is 11.9 Å². The van der Waals surface area contributed by atoms with Crippen LogP contribution in [0.25, 0.3) is 0 Å². The summed E-state index contributed by atoms with van der Waals surface area (Å²) in [7, 11) is 0. The van der Waals surface area contributed by atoms with Crippen LogP contribution in [0.3, 0.4) is 0 Å². The maximum Gasteiger partial charge on any atom is 0.356 e. The summed E-state index contributed by atoms with van der Waals surface area (Å²) in [4.78, 5) is 26.3. The monoisotopic (exact) mass is 366 g/mol. The molecule has 1 aliphatic rings. The molecule has 6 nitrogen and oxygen atoms in total. The minimum Gasteiger partial charge on any atom is -0.448 e. The Balaban J connectivity index is 1.93. The van der Waals surface area contributed by atoms with Crippen molar-refractivity contribution in [2.24, 2.45) is 5.73 Å². The van der Waals surface area contributed by atoms with Crippen molar-refractivity contribution in [1.29, 1.82) is 0 Å². The van der Waals surface area contributed by atoms with Crippen LogP contribution in [0.4, 0.5) is 0 Å². The van der Waals surface area contributed by atoms with Gasteiger partial charge in [-0.3, -0.25) is 4.79 Å². The Hall–Kier alpha value is -2.96. The van der Waals surface area contributed by atoms with E-state index in [0.717, 1.165) is 11.1 Å². The van der Waals surface area contributed by atoms with E-state index < -0.39 is 18.1 Å². The molecule has 3 rings (SSSR count). The number of amides is 1. The zero-order valence-electron chi connectivity index (χ0n) is 15.0. The molecule has 2 aromatic carbocycles. The Bertz CT molecular complexity index is 810. The van der Waals surface area contributed by atoms with Crippen LogP contribution >= 0.6 is 0 Å². The normalized spacial score (nSPS) is 17.4. The summed E-state index contributed by atoms with van der Waals surface area (Å²) in [5.41, 5.74) is 7.68. The number of β-lactam (4-membered cyclic amide) rings is 1. The Labute approximate surface area is 157 Å². The van der Waals surface area contributed by atoms with Crippen molar-refractivity contribution < 1.29 is 19.4 Å². The largest absolute Gasteiger partial charge is 0.448 e. The van der Waals surface area contributed by atoms with E-state index in [4.69, 9.17) is 10.5 Å². The number of benzene rings is 2. The summed E-state index contributed by atoms with van der Waals surface area (Å²) in [6, 6.07) is 18.1. The highest BCUT2D eigenvalue weighted by Gasteiger charge is 2.40. The average Bonchev–Trinajstić information content (AvgIpc) is 2.72. The first-order valence-electron chi connectivity index (χ1n) is 8.71. The number of aliphatic hydroxyl groups is 1. The predicted molar refractivity (Wildman–Crippen MR) is 100 cm³/mol. The lowest BCUT2D eigenvalue weighted by Crippen LogP contribution is -2.61. The smallest absolute Gasteiger partial charge is 0.356 e. The minimum absolute atomic E-state index is 0.0565. The SMILES string of the molecule is CC(CO)=C(C(=O)OC(c1ccccc1)c1ccccc1)N1CC(N)C1=O. The number of aliphatic hydroxyl groups excluding tert-OH is 1. The van der Waals surface area contributed by atoms with E-state index >= 15 is 0 Å². The van der Waals surface area contributed by atoms with E-state index in [1.165, 1.54) is 4.90 Å². The number of nitrogens with zero attached hydrogens (tertiary/aromatic N) is 1. The summed E-state index contributed by atoms with van der Waals surface area (Å²) in [5.74, 6) is -1.02. The summed E-state index contributed by atoms with van der Waals surface area (Å²) < 4.78 is 5.81. The maximum absolute atomic E-state index is 13.0. The van der Waals surface area contributed by atoms with Crippen molar-refractivity contribution in [3.63, 3.8) is 0 Å². The van der Waals surface area contributed by atoms with Gasteiger partial charge in [0.1, 0.15) is 11.7 Å². The Morgan fingerprint density at radius 2 is 1.67 bits per heavy atom. The molecule has 140 valence electrons. The number of hydrogen-bond acceptors (Lipinski definition) is 5. The molecule has 1 amide bonds. The third-order valence-corrected chi connectivity index (χ3v) is 4.50. The van der Waals surface area contributed by atoms with Gasteiger partial charge in [0, 0.05) is 0 Å². The second kappa shape index (κ2) is 8.16. The van der Waals surface area contributed by atoms with E-state index in [0.29, 0.717) is 5.57 Å². The van der Waals surface area contributed by atoms with E-state index in [1.807, 2.05) is 60.7 Å². The first-order valence-corrected chi connectivity index (χ1v) is 8.71. The van der Waals surface area contributed by atoms with Crippen molar-refractivity contribution in [3.05, 3.63) is 83.1 Å². The quantitative estimate of drug-likeness (QED) is 0.462. The first-order chi connectivity index (χ1) is 13.0. The molecule has 0 spiro atoms. The van der Waals surface area contributed by atoms with Gasteiger partial charge in [-0.15, -0.1) is 0 Å². The van der Waals surface area contributed by atoms with E-state index in [2.05, 4.69) is 0 Å². The Kier molecular flexibility index (Phi) is 5.69. The molecule has 2 aromatic rings. The van der Waals surface area contributed by atoms with Crippen LogP contribution in [0.2, 0.25) is 0 Å². The molecular weight excluding hydrogens is 344 g/mol. The van der Waals surface area contributed by atoms with Crippen molar-refractivity contribution in [2.45, 2.75) is 19.1 Å². The van der Waals surface area contributed by atoms with Gasteiger partial charge in [-0.25, -0.2) is 4.79 Å². The number of nitrogens with two attached hydrogens (primary N) is 1. The molecule has 1 atom stereocenters. The molecule has 1 unspecified atom stereocenters. The summed E-state index contributed by atoms with van der Waals surface area (Å²) in [6.07, 6.45) is -0.633. The van der Waals surface area contributed by atoms with Crippen molar-refractivity contribution in [3.8, 4) is 0 Å². The Morgan fingerprint density at radius 3 is 2.07 bits per heavy atom. The lowest BCUT2D eigenvalue weighted by Gasteiger charge is -2.37. The van der Waals surface area contributed by atoms with Crippen LogP contribution in [0.1, 0.15) is 24.2 Å². The number of esters is 1. The van der Waals surface area contributed by atoms with Crippen LogP contribution in [-0.2, 0) is 14.3 Å². The second-order valence-electron chi connectivity index (χ2n) is 6.45. The van der Waals surface area contributed by atoms with Crippen LogP contribution in [-0.4, -0.2) is 41.1 Å². The van der Waals surface area contributed by atoms with Gasteiger partial charge in [0.2, 0.25) is 5.91 Å². The summed E-state index contributed by atoms with van der Waals surface area (Å²) >= 11 is 0. The molecule has 3 N–H and O–H groups in total. The highest BCUT2D eigenvalue weighted by Crippen LogP contribution is 2.29. The molecule has 0 saturated carbocycles. The van der Waals surface area contributed by atoms with Crippen LogP contribution in [0.15, 0.2) is 71.9 Å². The summed E-state index contributed by atoms with van der Waals surface area (Å²) in [5, 5.41) is 9.51. The fourth-order valence-corrected chi connectivity index (χ4v) is 2.99. The van der Waals surface area contributed by atoms with Gasteiger partial charge >= 0.3 is 5.97 Å². The fraction of sp³-hybridized carbons (Fsp3) is 0.238. The molecule has 0 radical (unpaired) electrons. The highest BCUT2D eigenvalue weighted by atomic mass is 16.5. The highest BCUT2D eigenvalue weighted by molar-refractivity contribution is 5.99. The molecule has 0 aliphatic carbocycles. The van der Waals surface area contributed by atoms with Gasteiger partial charge in [-0.1, -0.05) is 60.7 Å². The Morgan fingerprint density at radius 1 is 1.15 bits per heavy atom. The van der Waals surface area contributed by atoms with Gasteiger partial charge in [-0.05, 0) is 23.6 Å². The topological polar surface area (TPSA) is 92.9 Å². The van der Waals surface area contributed by atoms with E-state index in [1.54, 1.807) is 6.92 Å². The van der Waals surface area contributed by atoms with Gasteiger partial charge in [0.05, 0.1) is 13.2 Å². The molecule has 27 heavy (non-hydrogen) atoms. The number of rotatable bonds is 6. The lowest BCUT2D eigenvalue weighted by molar-refractivity contribution is -0.151. The molecule has 1 heterocycles. The molecule has 1 aliphatic heterocycles. The van der Waals surface area contributed by atoms with Gasteiger partial charge in [-0.2, -0.15) is 0 Å². The number of ether oxygens (including phenoxy) is 1. The standard InChI is InChI=1S/C21H22N2O4/c1-14(13-24)18(23-12-17(22)20(23)25)21(26)27-19(15-8-4-2-5-9-15)16-10-6-3-7-11-16/h2-11,17,19,24H,12-13,22H2,1H3. The third kappa shape index (κ3) is 3.92. The van der Waals surface area contributed by atoms with E-state index in [9.17, 15) is 14.7 Å².